The fourth-order valence-electron chi connectivity index (χ4n) is 1.95. The third-order valence-electron chi connectivity index (χ3n) is 3.29. The van der Waals surface area contributed by atoms with Gasteiger partial charge < -0.3 is 10.2 Å². The number of carboxylic acid groups (broad SMARTS) is 1. The van der Waals surface area contributed by atoms with E-state index < -0.39 is 12.1 Å². The van der Waals surface area contributed by atoms with E-state index in [1.54, 1.807) is 6.08 Å². The van der Waals surface area contributed by atoms with E-state index in [1.165, 1.54) is 19.3 Å². The fraction of sp³-hybridized carbons (Fsp3) is 0.550. The Morgan fingerprint density at radius 3 is 2.35 bits per heavy atom. The van der Waals surface area contributed by atoms with Crippen LogP contribution in [0.1, 0.15) is 64.7 Å². The molecule has 23 heavy (non-hydrogen) atoms. The maximum Gasteiger partial charge on any atom is 0.303 e. The van der Waals surface area contributed by atoms with Crippen molar-refractivity contribution in [2.24, 2.45) is 0 Å². The highest BCUT2D eigenvalue weighted by Crippen LogP contribution is 2.02. The number of hydrogen-bond acceptors (Lipinski definition) is 2. The minimum absolute atomic E-state index is 0.194. The van der Waals surface area contributed by atoms with E-state index in [-0.39, 0.29) is 6.42 Å². The SMILES string of the molecule is CCCCCC=CCC(O)C=CC=CCCC=CCCC(=O)O. The average molecular weight is 320 g/mol. The highest BCUT2D eigenvalue weighted by Gasteiger charge is 1.93. The molecule has 0 rings (SSSR count). The number of unbranched alkanes of at least 4 members (excludes halogenated alkanes) is 4. The van der Waals surface area contributed by atoms with Crippen LogP contribution < -0.4 is 0 Å². The molecule has 0 aromatic carbocycles. The zero-order valence-electron chi connectivity index (χ0n) is 14.4. The van der Waals surface area contributed by atoms with E-state index >= 15 is 0 Å². The predicted octanol–water partition coefficient (Wildman–Crippen LogP) is 5.19. The molecular weight excluding hydrogens is 288 g/mol. The fourth-order valence-corrected chi connectivity index (χ4v) is 1.95. The Morgan fingerprint density at radius 2 is 1.61 bits per heavy atom. The van der Waals surface area contributed by atoms with Crippen LogP contribution in [0.4, 0.5) is 0 Å². The van der Waals surface area contributed by atoms with Crippen LogP contribution in [-0.4, -0.2) is 22.3 Å². The lowest BCUT2D eigenvalue weighted by Gasteiger charge is -1.99. The number of carboxylic acids is 1. The van der Waals surface area contributed by atoms with Crippen LogP contribution in [-0.2, 0) is 4.79 Å². The van der Waals surface area contributed by atoms with Crippen LogP contribution in [0.25, 0.3) is 0 Å². The minimum atomic E-state index is -0.756. The molecule has 130 valence electrons. The second-order valence-electron chi connectivity index (χ2n) is 5.56. The van der Waals surface area contributed by atoms with Crippen LogP contribution in [0, 0.1) is 0 Å². The Labute approximate surface area is 141 Å². The maximum absolute atomic E-state index is 10.3. The van der Waals surface area contributed by atoms with Gasteiger partial charge in [-0.25, -0.2) is 0 Å². The molecule has 0 aliphatic rings. The van der Waals surface area contributed by atoms with Crippen molar-refractivity contribution in [3.05, 3.63) is 48.6 Å². The third-order valence-corrected chi connectivity index (χ3v) is 3.29. The highest BCUT2D eigenvalue weighted by atomic mass is 16.4. The van der Waals surface area contributed by atoms with Gasteiger partial charge in [-0.05, 0) is 38.5 Å². The molecule has 1 atom stereocenters. The van der Waals surface area contributed by atoms with Crippen LogP contribution in [0.3, 0.4) is 0 Å². The van der Waals surface area contributed by atoms with E-state index in [0.29, 0.717) is 12.8 Å². The molecule has 0 fully saturated rings. The first kappa shape index (κ1) is 21.4. The smallest absolute Gasteiger partial charge is 0.303 e. The zero-order chi connectivity index (χ0) is 17.2. The number of aliphatic hydroxyl groups excluding tert-OH is 1. The van der Waals surface area contributed by atoms with Gasteiger partial charge in [-0.15, -0.1) is 0 Å². The Morgan fingerprint density at radius 1 is 0.913 bits per heavy atom. The van der Waals surface area contributed by atoms with Crippen molar-refractivity contribution in [2.45, 2.75) is 70.8 Å². The van der Waals surface area contributed by atoms with Crippen molar-refractivity contribution in [2.75, 3.05) is 0 Å². The molecule has 3 heteroatoms. The number of rotatable bonds is 14. The molecule has 0 aromatic rings. The van der Waals surface area contributed by atoms with E-state index in [1.807, 2.05) is 30.4 Å². The predicted molar refractivity (Wildman–Crippen MR) is 97.4 cm³/mol. The monoisotopic (exact) mass is 320 g/mol. The number of hydrogen-bond donors (Lipinski definition) is 2. The quantitative estimate of drug-likeness (QED) is 0.263. The zero-order valence-corrected chi connectivity index (χ0v) is 14.4. The van der Waals surface area contributed by atoms with E-state index in [0.717, 1.165) is 19.3 Å². The maximum atomic E-state index is 10.3. The summed E-state index contributed by atoms with van der Waals surface area (Å²) in [5.74, 6) is -0.756. The molecule has 2 N–H and O–H groups in total. The van der Waals surface area contributed by atoms with Gasteiger partial charge in [-0.1, -0.05) is 68.4 Å². The third kappa shape index (κ3) is 18.3. The summed E-state index contributed by atoms with van der Waals surface area (Å²) in [6.07, 6.45) is 23.5. The van der Waals surface area contributed by atoms with Gasteiger partial charge in [0.2, 0.25) is 0 Å². The number of carbonyl (C=O) groups is 1. The summed E-state index contributed by atoms with van der Waals surface area (Å²) in [4.78, 5) is 10.3. The first-order valence-corrected chi connectivity index (χ1v) is 8.70. The Balaban J connectivity index is 3.61. The Hall–Kier alpha value is -1.61. The van der Waals surface area contributed by atoms with Gasteiger partial charge in [0.05, 0.1) is 6.10 Å². The van der Waals surface area contributed by atoms with Gasteiger partial charge in [0, 0.05) is 6.42 Å². The second kappa shape index (κ2) is 16.8. The second-order valence-corrected chi connectivity index (χ2v) is 5.56. The molecule has 0 aliphatic heterocycles. The molecule has 0 heterocycles. The van der Waals surface area contributed by atoms with Crippen LogP contribution in [0.15, 0.2) is 48.6 Å². The molecule has 0 saturated carbocycles. The molecule has 0 amide bonds. The van der Waals surface area contributed by atoms with Crippen molar-refractivity contribution >= 4 is 5.97 Å². The Kier molecular flexibility index (Phi) is 15.6. The van der Waals surface area contributed by atoms with Crippen LogP contribution >= 0.6 is 0 Å². The highest BCUT2D eigenvalue weighted by molar-refractivity contribution is 5.66. The summed E-state index contributed by atoms with van der Waals surface area (Å²) in [5.41, 5.74) is 0. The largest absolute Gasteiger partial charge is 0.481 e. The van der Waals surface area contributed by atoms with Crippen molar-refractivity contribution < 1.29 is 15.0 Å². The summed E-state index contributed by atoms with van der Waals surface area (Å²) < 4.78 is 0. The van der Waals surface area contributed by atoms with Crippen molar-refractivity contribution in [1.82, 2.24) is 0 Å². The molecule has 0 bridgehead atoms. The molecule has 0 saturated heterocycles. The number of aliphatic hydroxyl groups is 1. The summed E-state index contributed by atoms with van der Waals surface area (Å²) in [7, 11) is 0. The lowest BCUT2D eigenvalue weighted by Crippen LogP contribution is -1.98. The molecule has 1 unspecified atom stereocenters. The minimum Gasteiger partial charge on any atom is -0.481 e. The first-order valence-electron chi connectivity index (χ1n) is 8.70. The van der Waals surface area contributed by atoms with Crippen LogP contribution in [0.2, 0.25) is 0 Å². The van der Waals surface area contributed by atoms with Gasteiger partial charge in [0.1, 0.15) is 0 Å². The Bertz CT molecular complexity index is 392. The van der Waals surface area contributed by atoms with Gasteiger partial charge in [-0.2, -0.15) is 0 Å². The summed E-state index contributed by atoms with van der Waals surface area (Å²) in [5, 5.41) is 18.2. The summed E-state index contributed by atoms with van der Waals surface area (Å²) >= 11 is 0. The van der Waals surface area contributed by atoms with Gasteiger partial charge >= 0.3 is 5.97 Å². The van der Waals surface area contributed by atoms with E-state index in [4.69, 9.17) is 5.11 Å². The molecule has 0 aliphatic carbocycles. The molecular formula is C20H32O3. The topological polar surface area (TPSA) is 57.5 Å². The molecule has 0 aromatic heterocycles. The van der Waals surface area contributed by atoms with E-state index in [9.17, 15) is 9.90 Å². The van der Waals surface area contributed by atoms with Gasteiger partial charge in [-0.3, -0.25) is 4.79 Å². The van der Waals surface area contributed by atoms with Crippen molar-refractivity contribution in [3.8, 4) is 0 Å². The van der Waals surface area contributed by atoms with Gasteiger partial charge in [0.25, 0.3) is 0 Å². The molecule has 3 nitrogen and oxygen atoms in total. The molecule has 0 spiro atoms. The first-order chi connectivity index (χ1) is 11.2. The molecule has 0 radical (unpaired) electrons. The summed E-state index contributed by atoms with van der Waals surface area (Å²) in [6.45, 7) is 2.20. The lowest BCUT2D eigenvalue weighted by molar-refractivity contribution is -0.136. The van der Waals surface area contributed by atoms with Crippen LogP contribution in [0.5, 0.6) is 0 Å². The lowest BCUT2D eigenvalue weighted by atomic mass is 10.1. The standard InChI is InChI=1S/C20H32O3/c1-2-3-4-5-10-13-16-19(21)17-14-11-8-6-7-9-12-15-18-20(22)23/h8-14,17,19,21H,2-7,15-16,18H2,1H3,(H,22,23). The summed E-state index contributed by atoms with van der Waals surface area (Å²) in [6, 6.07) is 0. The number of aliphatic carboxylic acids is 1. The average Bonchev–Trinajstić information content (AvgIpc) is 2.52. The van der Waals surface area contributed by atoms with E-state index in [2.05, 4.69) is 19.1 Å². The number of allylic oxidation sites excluding steroid dienone is 6. The van der Waals surface area contributed by atoms with Gasteiger partial charge in [0.15, 0.2) is 0 Å². The normalized spacial score (nSPS) is 13.8. The van der Waals surface area contributed by atoms with Crippen molar-refractivity contribution in [1.29, 1.82) is 0 Å². The van der Waals surface area contributed by atoms with Crippen molar-refractivity contribution in [3.63, 3.8) is 0 Å².